The van der Waals surface area contributed by atoms with Crippen LogP contribution in [0.5, 0.6) is 0 Å². The number of hydrogen-bond acceptors (Lipinski definition) is 4. The van der Waals surface area contributed by atoms with Gasteiger partial charge in [-0.05, 0) is 38.0 Å². The summed E-state index contributed by atoms with van der Waals surface area (Å²) in [5.41, 5.74) is 3.08. The van der Waals surface area contributed by atoms with Crippen molar-refractivity contribution in [2.75, 3.05) is 10.0 Å². The zero-order chi connectivity index (χ0) is 16.8. The van der Waals surface area contributed by atoms with Crippen molar-refractivity contribution in [1.29, 1.82) is 0 Å². The summed E-state index contributed by atoms with van der Waals surface area (Å²) in [5, 5.41) is 6.90. The topological polar surface area (TPSA) is 93.1 Å². The number of anilines is 2. The third kappa shape index (κ3) is 2.81. The van der Waals surface area contributed by atoms with E-state index < -0.39 is 10.0 Å². The molecule has 3 rings (SSSR count). The molecule has 1 aromatic heterocycles. The molecule has 7 nitrogen and oxygen atoms in total. The van der Waals surface area contributed by atoms with Gasteiger partial charge >= 0.3 is 0 Å². The standard InChI is InChI=1S/C15H18N4O3S/c1-9-15(10(2)19(3)17-9)23(21,22)18-12-6-4-11-5-7-14(20)16-13(11)8-12/h4,6,8,18H,5,7H2,1-3H3,(H,16,20). The largest absolute Gasteiger partial charge is 0.326 e. The summed E-state index contributed by atoms with van der Waals surface area (Å²) in [4.78, 5) is 11.7. The smallest absolute Gasteiger partial charge is 0.265 e. The molecule has 1 aromatic carbocycles. The highest BCUT2D eigenvalue weighted by Gasteiger charge is 2.24. The summed E-state index contributed by atoms with van der Waals surface area (Å²) in [6.07, 6.45) is 1.11. The van der Waals surface area contributed by atoms with Crippen molar-refractivity contribution in [2.45, 2.75) is 31.6 Å². The SMILES string of the molecule is Cc1nn(C)c(C)c1S(=O)(=O)Nc1ccc2c(c1)NC(=O)CC2. The van der Waals surface area contributed by atoms with Crippen LogP contribution in [0.3, 0.4) is 0 Å². The second-order valence-electron chi connectivity index (χ2n) is 5.65. The lowest BCUT2D eigenvalue weighted by atomic mass is 10.0. The Kier molecular flexibility index (Phi) is 3.63. The van der Waals surface area contributed by atoms with E-state index >= 15 is 0 Å². The zero-order valence-electron chi connectivity index (χ0n) is 13.2. The van der Waals surface area contributed by atoms with Crippen LogP contribution in [0.15, 0.2) is 23.1 Å². The predicted molar refractivity (Wildman–Crippen MR) is 86.9 cm³/mol. The fraction of sp³-hybridized carbons (Fsp3) is 0.333. The minimum atomic E-state index is -3.74. The second-order valence-corrected chi connectivity index (χ2v) is 7.27. The minimum absolute atomic E-state index is 0.0588. The molecule has 0 fully saturated rings. The molecule has 2 N–H and O–H groups in total. The van der Waals surface area contributed by atoms with Gasteiger partial charge in [-0.15, -0.1) is 0 Å². The number of rotatable bonds is 3. The summed E-state index contributed by atoms with van der Waals surface area (Å²) < 4.78 is 29.4. The lowest BCUT2D eigenvalue weighted by Gasteiger charge is -2.18. The third-order valence-corrected chi connectivity index (χ3v) is 5.60. The van der Waals surface area contributed by atoms with E-state index in [1.165, 1.54) is 4.68 Å². The van der Waals surface area contributed by atoms with Gasteiger partial charge in [0.05, 0.1) is 17.1 Å². The van der Waals surface area contributed by atoms with Gasteiger partial charge in [0, 0.05) is 19.2 Å². The maximum absolute atomic E-state index is 12.6. The van der Waals surface area contributed by atoms with Crippen LogP contribution in [-0.4, -0.2) is 24.1 Å². The Bertz CT molecular complexity index is 900. The summed E-state index contributed by atoms with van der Waals surface area (Å²) in [5.74, 6) is -0.0588. The first kappa shape index (κ1) is 15.5. The Labute approximate surface area is 134 Å². The lowest BCUT2D eigenvalue weighted by molar-refractivity contribution is -0.116. The fourth-order valence-electron chi connectivity index (χ4n) is 2.78. The first-order chi connectivity index (χ1) is 10.8. The van der Waals surface area contributed by atoms with E-state index in [4.69, 9.17) is 0 Å². The van der Waals surface area contributed by atoms with Gasteiger partial charge < -0.3 is 5.32 Å². The maximum atomic E-state index is 12.6. The minimum Gasteiger partial charge on any atom is -0.326 e. The van der Waals surface area contributed by atoms with Crippen LogP contribution in [0.1, 0.15) is 23.4 Å². The number of benzene rings is 1. The molecule has 0 spiro atoms. The van der Waals surface area contributed by atoms with Crippen molar-refractivity contribution in [3.8, 4) is 0 Å². The lowest BCUT2D eigenvalue weighted by Crippen LogP contribution is -2.20. The molecular weight excluding hydrogens is 316 g/mol. The molecule has 0 unspecified atom stereocenters. The van der Waals surface area contributed by atoms with Crippen LogP contribution in [0.25, 0.3) is 0 Å². The molecule has 2 heterocycles. The van der Waals surface area contributed by atoms with Gasteiger partial charge in [0.2, 0.25) is 5.91 Å². The Morgan fingerprint density at radius 1 is 1.26 bits per heavy atom. The van der Waals surface area contributed by atoms with Gasteiger partial charge in [-0.1, -0.05) is 6.07 Å². The molecule has 1 amide bonds. The van der Waals surface area contributed by atoms with Crippen LogP contribution >= 0.6 is 0 Å². The number of amides is 1. The number of fused-ring (bicyclic) bond motifs is 1. The molecule has 0 saturated heterocycles. The van der Waals surface area contributed by atoms with Crippen molar-refractivity contribution >= 4 is 27.3 Å². The second kappa shape index (κ2) is 5.38. The molecule has 0 radical (unpaired) electrons. The average molecular weight is 334 g/mol. The van der Waals surface area contributed by atoms with Gasteiger partial charge in [-0.25, -0.2) is 8.42 Å². The number of nitrogens with one attached hydrogen (secondary N) is 2. The van der Waals surface area contributed by atoms with E-state index in [1.807, 2.05) is 6.07 Å². The quantitative estimate of drug-likeness (QED) is 0.894. The maximum Gasteiger partial charge on any atom is 0.265 e. The fourth-order valence-corrected chi connectivity index (χ4v) is 4.27. The van der Waals surface area contributed by atoms with Crippen LogP contribution in [-0.2, 0) is 28.3 Å². The number of carbonyl (C=O) groups excluding carboxylic acids is 1. The van der Waals surface area contributed by atoms with Gasteiger partial charge in [0.15, 0.2) is 0 Å². The molecule has 1 aliphatic rings. The summed E-state index contributed by atoms with van der Waals surface area (Å²) in [6, 6.07) is 5.18. The van der Waals surface area contributed by atoms with E-state index in [0.717, 1.165) is 5.56 Å². The van der Waals surface area contributed by atoms with E-state index in [1.54, 1.807) is 33.0 Å². The number of aryl methyl sites for hydroxylation is 3. The highest BCUT2D eigenvalue weighted by atomic mass is 32.2. The number of hydrogen-bond donors (Lipinski definition) is 2. The van der Waals surface area contributed by atoms with E-state index in [-0.39, 0.29) is 10.8 Å². The number of aromatic nitrogens is 2. The Morgan fingerprint density at radius 2 is 2.00 bits per heavy atom. The van der Waals surface area contributed by atoms with Crippen LogP contribution in [0.2, 0.25) is 0 Å². The molecule has 0 atom stereocenters. The van der Waals surface area contributed by atoms with Crippen molar-refractivity contribution in [3.63, 3.8) is 0 Å². The summed E-state index contributed by atoms with van der Waals surface area (Å²) in [6.45, 7) is 3.37. The molecule has 122 valence electrons. The van der Waals surface area contributed by atoms with Crippen LogP contribution < -0.4 is 10.0 Å². The van der Waals surface area contributed by atoms with Crippen molar-refractivity contribution in [2.24, 2.45) is 7.05 Å². The zero-order valence-corrected chi connectivity index (χ0v) is 14.0. The number of nitrogens with zero attached hydrogens (tertiary/aromatic N) is 2. The third-order valence-electron chi connectivity index (χ3n) is 3.97. The molecular formula is C15H18N4O3S. The Balaban J connectivity index is 1.95. The van der Waals surface area contributed by atoms with Crippen molar-refractivity contribution in [1.82, 2.24) is 9.78 Å². The van der Waals surface area contributed by atoms with E-state index in [0.29, 0.717) is 35.6 Å². The Hall–Kier alpha value is -2.35. The van der Waals surface area contributed by atoms with Gasteiger partial charge in [0.25, 0.3) is 10.0 Å². The number of sulfonamides is 1. The molecule has 2 aromatic rings. The normalized spacial score (nSPS) is 14.3. The molecule has 23 heavy (non-hydrogen) atoms. The van der Waals surface area contributed by atoms with Gasteiger partial charge in [-0.3, -0.25) is 14.2 Å². The summed E-state index contributed by atoms with van der Waals surface area (Å²) in [7, 11) is -2.04. The molecule has 8 heteroatoms. The number of carbonyl (C=O) groups is 1. The molecule has 0 bridgehead atoms. The van der Waals surface area contributed by atoms with E-state index in [2.05, 4.69) is 15.1 Å². The van der Waals surface area contributed by atoms with Gasteiger partial charge in [-0.2, -0.15) is 5.10 Å². The first-order valence-corrected chi connectivity index (χ1v) is 8.72. The molecule has 0 saturated carbocycles. The Morgan fingerprint density at radius 3 is 2.65 bits per heavy atom. The average Bonchev–Trinajstić information content (AvgIpc) is 2.71. The highest BCUT2D eigenvalue weighted by molar-refractivity contribution is 7.92. The molecule has 0 aliphatic carbocycles. The summed E-state index contributed by atoms with van der Waals surface area (Å²) >= 11 is 0. The predicted octanol–water partition coefficient (Wildman–Crippen LogP) is 1.72. The first-order valence-electron chi connectivity index (χ1n) is 7.24. The monoisotopic (exact) mass is 334 g/mol. The van der Waals surface area contributed by atoms with Gasteiger partial charge in [0.1, 0.15) is 4.90 Å². The molecule has 1 aliphatic heterocycles. The van der Waals surface area contributed by atoms with Crippen LogP contribution in [0.4, 0.5) is 11.4 Å². The van der Waals surface area contributed by atoms with Crippen LogP contribution in [0, 0.1) is 13.8 Å². The van der Waals surface area contributed by atoms with Crippen molar-refractivity contribution in [3.05, 3.63) is 35.2 Å². The van der Waals surface area contributed by atoms with E-state index in [9.17, 15) is 13.2 Å². The highest BCUT2D eigenvalue weighted by Crippen LogP contribution is 2.28. The van der Waals surface area contributed by atoms with Crippen molar-refractivity contribution < 1.29 is 13.2 Å².